The topological polar surface area (TPSA) is 47.0 Å². The first kappa shape index (κ1) is 14.6. The molecule has 1 N–H and O–H groups in total. The van der Waals surface area contributed by atoms with Crippen LogP contribution in [0.3, 0.4) is 0 Å². The van der Waals surface area contributed by atoms with E-state index >= 15 is 0 Å². The van der Waals surface area contributed by atoms with Gasteiger partial charge in [0.05, 0.1) is 5.56 Å². The molecule has 0 aliphatic rings. The van der Waals surface area contributed by atoms with Crippen molar-refractivity contribution in [2.24, 2.45) is 0 Å². The summed E-state index contributed by atoms with van der Waals surface area (Å²) < 4.78 is 5.93. The molecule has 2 aromatic rings. The number of benzene rings is 1. The Labute approximate surface area is 124 Å². The van der Waals surface area contributed by atoms with Gasteiger partial charge in [-0.25, -0.2) is 4.98 Å². The summed E-state index contributed by atoms with van der Waals surface area (Å²) in [6.45, 7) is 5.92. The van der Waals surface area contributed by atoms with Gasteiger partial charge >= 0.3 is 0 Å². The quantitative estimate of drug-likeness (QED) is 0.919. The van der Waals surface area contributed by atoms with E-state index in [1.807, 2.05) is 40.0 Å². The number of nitrogens with one attached hydrogen (secondary N) is 1. The van der Waals surface area contributed by atoms with E-state index in [1.54, 1.807) is 6.07 Å². The zero-order valence-electron chi connectivity index (χ0n) is 12.1. The molecular formula is C15H18ClN3O. The number of aryl methyl sites for hydroxylation is 2. The predicted octanol–water partition coefficient (Wildman–Crippen LogP) is 4.14. The van der Waals surface area contributed by atoms with E-state index in [0.717, 1.165) is 29.2 Å². The molecule has 0 amide bonds. The molecular weight excluding hydrogens is 274 g/mol. The zero-order valence-corrected chi connectivity index (χ0v) is 12.9. The van der Waals surface area contributed by atoms with E-state index in [2.05, 4.69) is 15.3 Å². The molecule has 1 aromatic heterocycles. The van der Waals surface area contributed by atoms with Crippen molar-refractivity contribution in [2.75, 3.05) is 12.4 Å². The van der Waals surface area contributed by atoms with E-state index in [1.165, 1.54) is 0 Å². The maximum atomic E-state index is 6.01. The van der Waals surface area contributed by atoms with Crippen LogP contribution >= 0.6 is 11.6 Å². The lowest BCUT2D eigenvalue weighted by Gasteiger charge is -2.13. The predicted molar refractivity (Wildman–Crippen MR) is 82.0 cm³/mol. The van der Waals surface area contributed by atoms with Gasteiger partial charge in [-0.05, 0) is 31.5 Å². The summed E-state index contributed by atoms with van der Waals surface area (Å²) in [7, 11) is 1.84. The van der Waals surface area contributed by atoms with E-state index in [0.29, 0.717) is 16.7 Å². The van der Waals surface area contributed by atoms with Crippen molar-refractivity contribution in [1.29, 1.82) is 0 Å². The largest absolute Gasteiger partial charge is 0.438 e. The zero-order chi connectivity index (χ0) is 14.7. The first-order valence-corrected chi connectivity index (χ1v) is 6.92. The highest BCUT2D eigenvalue weighted by atomic mass is 35.5. The Kier molecular flexibility index (Phi) is 4.45. The number of anilines is 1. The molecule has 1 heterocycles. The molecule has 20 heavy (non-hydrogen) atoms. The summed E-state index contributed by atoms with van der Waals surface area (Å²) in [5.74, 6) is 2.80. The minimum atomic E-state index is 0.562. The van der Waals surface area contributed by atoms with Gasteiger partial charge in [0, 0.05) is 18.5 Å². The van der Waals surface area contributed by atoms with Crippen molar-refractivity contribution in [2.45, 2.75) is 27.2 Å². The van der Waals surface area contributed by atoms with E-state index in [-0.39, 0.29) is 0 Å². The highest BCUT2D eigenvalue weighted by molar-refractivity contribution is 6.30. The molecule has 0 radical (unpaired) electrons. The number of nitrogens with zero attached hydrogens (tertiary/aromatic N) is 2. The van der Waals surface area contributed by atoms with E-state index in [9.17, 15) is 0 Å². The Morgan fingerprint density at radius 1 is 1.25 bits per heavy atom. The van der Waals surface area contributed by atoms with Crippen LogP contribution < -0.4 is 10.1 Å². The van der Waals surface area contributed by atoms with Gasteiger partial charge in [-0.3, -0.25) is 0 Å². The van der Waals surface area contributed by atoms with Gasteiger partial charge in [-0.15, -0.1) is 0 Å². The van der Waals surface area contributed by atoms with Crippen LogP contribution in [0, 0.1) is 13.8 Å². The molecule has 0 atom stereocenters. The van der Waals surface area contributed by atoms with Crippen LogP contribution in [0.1, 0.15) is 23.9 Å². The van der Waals surface area contributed by atoms with Crippen LogP contribution in [0.5, 0.6) is 11.6 Å². The number of ether oxygens (including phenoxy) is 1. The third-order valence-corrected chi connectivity index (χ3v) is 3.29. The highest BCUT2D eigenvalue weighted by Gasteiger charge is 2.12. The SMILES string of the molecule is CCc1nc(NC)c(C)c(Oc2cc(Cl)ccc2C)n1. The monoisotopic (exact) mass is 291 g/mol. The molecule has 0 fully saturated rings. The number of halogens is 1. The maximum absolute atomic E-state index is 6.01. The molecule has 0 aliphatic carbocycles. The average Bonchev–Trinajstić information content (AvgIpc) is 2.45. The van der Waals surface area contributed by atoms with E-state index < -0.39 is 0 Å². The van der Waals surface area contributed by atoms with Crippen molar-refractivity contribution in [3.8, 4) is 11.6 Å². The summed E-state index contributed by atoms with van der Waals surface area (Å²) >= 11 is 6.01. The van der Waals surface area contributed by atoms with Gasteiger partial charge in [0.1, 0.15) is 17.4 Å². The molecule has 0 aliphatic heterocycles. The third kappa shape index (κ3) is 3.02. The van der Waals surface area contributed by atoms with Gasteiger partial charge in [0.25, 0.3) is 0 Å². The first-order valence-electron chi connectivity index (χ1n) is 6.54. The Balaban J connectivity index is 2.44. The second kappa shape index (κ2) is 6.09. The molecule has 0 spiro atoms. The van der Waals surface area contributed by atoms with Crippen LogP contribution in [0.25, 0.3) is 0 Å². The van der Waals surface area contributed by atoms with Crippen molar-refractivity contribution in [3.63, 3.8) is 0 Å². The summed E-state index contributed by atoms with van der Waals surface area (Å²) in [6, 6.07) is 5.56. The van der Waals surface area contributed by atoms with Crippen LogP contribution in [-0.2, 0) is 6.42 Å². The fourth-order valence-electron chi connectivity index (χ4n) is 1.83. The summed E-state index contributed by atoms with van der Waals surface area (Å²) in [6.07, 6.45) is 0.750. The fraction of sp³-hybridized carbons (Fsp3) is 0.333. The van der Waals surface area contributed by atoms with Crippen LogP contribution in [0.2, 0.25) is 5.02 Å². The molecule has 5 heteroatoms. The van der Waals surface area contributed by atoms with Crippen molar-refractivity contribution in [1.82, 2.24) is 9.97 Å². The van der Waals surface area contributed by atoms with Crippen LogP contribution in [-0.4, -0.2) is 17.0 Å². The lowest BCUT2D eigenvalue weighted by atomic mass is 10.2. The standard InChI is InChI=1S/C15H18ClN3O/c1-5-13-18-14(17-4)10(3)15(19-13)20-12-8-11(16)7-6-9(12)2/h6-8H,5H2,1-4H3,(H,17,18,19). The second-order valence-corrected chi connectivity index (χ2v) is 4.97. The smallest absolute Gasteiger partial charge is 0.227 e. The molecule has 4 nitrogen and oxygen atoms in total. The Morgan fingerprint density at radius 2 is 2.00 bits per heavy atom. The fourth-order valence-corrected chi connectivity index (χ4v) is 1.99. The van der Waals surface area contributed by atoms with Gasteiger partial charge in [-0.2, -0.15) is 4.98 Å². The lowest BCUT2D eigenvalue weighted by Crippen LogP contribution is -2.05. The Hall–Kier alpha value is -1.81. The third-order valence-electron chi connectivity index (χ3n) is 3.06. The highest BCUT2D eigenvalue weighted by Crippen LogP contribution is 2.30. The van der Waals surface area contributed by atoms with Crippen molar-refractivity contribution < 1.29 is 4.74 Å². The van der Waals surface area contributed by atoms with Gasteiger partial charge < -0.3 is 10.1 Å². The Morgan fingerprint density at radius 3 is 2.65 bits per heavy atom. The molecule has 2 rings (SSSR count). The van der Waals surface area contributed by atoms with Crippen molar-refractivity contribution >= 4 is 17.4 Å². The number of aromatic nitrogens is 2. The van der Waals surface area contributed by atoms with Gasteiger partial charge in [-0.1, -0.05) is 24.6 Å². The molecule has 0 saturated carbocycles. The number of rotatable bonds is 4. The number of hydrogen-bond acceptors (Lipinski definition) is 4. The summed E-state index contributed by atoms with van der Waals surface area (Å²) in [5.41, 5.74) is 1.89. The molecule has 0 bridgehead atoms. The normalized spacial score (nSPS) is 10.4. The lowest BCUT2D eigenvalue weighted by molar-refractivity contribution is 0.452. The molecule has 1 aromatic carbocycles. The van der Waals surface area contributed by atoms with Crippen molar-refractivity contribution in [3.05, 3.63) is 40.2 Å². The average molecular weight is 292 g/mol. The summed E-state index contributed by atoms with van der Waals surface area (Å²) in [5, 5.41) is 3.71. The van der Waals surface area contributed by atoms with Crippen LogP contribution in [0.15, 0.2) is 18.2 Å². The summed E-state index contributed by atoms with van der Waals surface area (Å²) in [4.78, 5) is 8.87. The van der Waals surface area contributed by atoms with E-state index in [4.69, 9.17) is 16.3 Å². The Bertz CT molecular complexity index is 629. The van der Waals surface area contributed by atoms with Crippen LogP contribution in [0.4, 0.5) is 5.82 Å². The maximum Gasteiger partial charge on any atom is 0.227 e. The number of hydrogen-bond donors (Lipinski definition) is 1. The molecule has 106 valence electrons. The minimum absolute atomic E-state index is 0.562. The molecule has 0 saturated heterocycles. The second-order valence-electron chi connectivity index (χ2n) is 4.53. The van der Waals surface area contributed by atoms with Gasteiger partial charge in [0.15, 0.2) is 0 Å². The molecule has 0 unspecified atom stereocenters. The first-order chi connectivity index (χ1) is 9.55. The van der Waals surface area contributed by atoms with Gasteiger partial charge in [0.2, 0.25) is 5.88 Å². The minimum Gasteiger partial charge on any atom is -0.438 e.